The summed E-state index contributed by atoms with van der Waals surface area (Å²) in [6.07, 6.45) is 1.59. The molecule has 2 heterocycles. The zero-order valence-electron chi connectivity index (χ0n) is 10.6. The lowest BCUT2D eigenvalue weighted by Crippen LogP contribution is -1.88. The molecule has 6 heteroatoms. The minimum absolute atomic E-state index is 0.0763. The Labute approximate surface area is 128 Å². The first kappa shape index (κ1) is 13.5. The molecule has 0 aliphatic rings. The van der Waals surface area contributed by atoms with Crippen LogP contribution in [0.25, 0.3) is 11.6 Å². The molecule has 0 unspecified atom stereocenters. The smallest absolute Gasteiger partial charge is 0.240 e. The largest absolute Gasteiger partial charge is 0.461 e. The summed E-state index contributed by atoms with van der Waals surface area (Å²) in [5.41, 5.74) is 0. The van der Waals surface area contributed by atoms with Gasteiger partial charge in [0.1, 0.15) is 0 Å². The van der Waals surface area contributed by atoms with Gasteiger partial charge in [0, 0.05) is 9.37 Å². The molecule has 2 aromatic heterocycles. The van der Waals surface area contributed by atoms with E-state index in [9.17, 15) is 0 Å². The fraction of sp³-hybridized carbons (Fsp3) is 0.143. The second-order valence-corrected chi connectivity index (χ2v) is 6.48. The van der Waals surface area contributed by atoms with Crippen molar-refractivity contribution in [1.82, 2.24) is 10.1 Å². The van der Waals surface area contributed by atoms with Crippen molar-refractivity contribution in [2.75, 3.05) is 0 Å². The average molecular weight is 351 g/mol. The van der Waals surface area contributed by atoms with Crippen LogP contribution in [0.5, 0.6) is 0 Å². The SMILES string of the molecule is C[C@@H](Sc1ccc(Br)cc1)c1nc(-c2ccco2)no1. The fourth-order valence-electron chi connectivity index (χ4n) is 1.67. The Kier molecular flexibility index (Phi) is 3.93. The summed E-state index contributed by atoms with van der Waals surface area (Å²) in [5, 5.41) is 4.01. The molecule has 1 aromatic carbocycles. The molecule has 3 rings (SSSR count). The number of aromatic nitrogens is 2. The lowest BCUT2D eigenvalue weighted by atomic mass is 10.4. The Hall–Kier alpha value is -1.53. The third-order valence-corrected chi connectivity index (χ3v) is 4.29. The predicted molar refractivity (Wildman–Crippen MR) is 80.4 cm³/mol. The monoisotopic (exact) mass is 350 g/mol. The highest BCUT2D eigenvalue weighted by Crippen LogP contribution is 2.35. The van der Waals surface area contributed by atoms with Crippen LogP contribution in [-0.4, -0.2) is 10.1 Å². The maximum absolute atomic E-state index is 5.29. The molecule has 0 aliphatic carbocycles. The summed E-state index contributed by atoms with van der Waals surface area (Å²) in [4.78, 5) is 5.52. The standard InChI is InChI=1S/C14H11BrN2O2S/c1-9(20-11-6-4-10(15)5-7-11)14-16-13(17-19-14)12-3-2-8-18-12/h2-9H,1H3/t9-/m1/s1. The number of halogens is 1. The summed E-state index contributed by atoms with van der Waals surface area (Å²) in [7, 11) is 0. The molecular weight excluding hydrogens is 340 g/mol. The Morgan fingerprint density at radius 1 is 1.20 bits per heavy atom. The van der Waals surface area contributed by atoms with Crippen LogP contribution in [0.4, 0.5) is 0 Å². The van der Waals surface area contributed by atoms with Gasteiger partial charge in [-0.2, -0.15) is 4.98 Å². The van der Waals surface area contributed by atoms with Gasteiger partial charge in [-0.15, -0.1) is 11.8 Å². The van der Waals surface area contributed by atoms with Crippen LogP contribution in [0, 0.1) is 0 Å². The van der Waals surface area contributed by atoms with Crippen LogP contribution in [0.3, 0.4) is 0 Å². The van der Waals surface area contributed by atoms with Crippen molar-refractivity contribution in [2.24, 2.45) is 0 Å². The van der Waals surface area contributed by atoms with Gasteiger partial charge in [0.15, 0.2) is 5.76 Å². The molecule has 3 aromatic rings. The maximum Gasteiger partial charge on any atom is 0.240 e. The molecule has 0 amide bonds. The number of hydrogen-bond donors (Lipinski definition) is 0. The Balaban J connectivity index is 1.74. The normalized spacial score (nSPS) is 12.5. The van der Waals surface area contributed by atoms with E-state index < -0.39 is 0 Å². The van der Waals surface area contributed by atoms with Crippen molar-refractivity contribution in [3.8, 4) is 11.6 Å². The first-order valence-corrected chi connectivity index (χ1v) is 7.69. The quantitative estimate of drug-likeness (QED) is 0.623. The molecule has 102 valence electrons. The van der Waals surface area contributed by atoms with E-state index in [4.69, 9.17) is 8.94 Å². The van der Waals surface area contributed by atoms with Crippen molar-refractivity contribution in [3.63, 3.8) is 0 Å². The fourth-order valence-corrected chi connectivity index (χ4v) is 2.84. The molecule has 0 radical (unpaired) electrons. The number of nitrogens with zero attached hydrogens (tertiary/aromatic N) is 2. The Bertz CT molecular complexity index is 680. The summed E-state index contributed by atoms with van der Waals surface area (Å²) < 4.78 is 11.6. The maximum atomic E-state index is 5.29. The van der Waals surface area contributed by atoms with Crippen molar-refractivity contribution < 1.29 is 8.94 Å². The Morgan fingerprint density at radius 3 is 2.70 bits per heavy atom. The van der Waals surface area contributed by atoms with Crippen LogP contribution in [0.15, 0.2) is 61.0 Å². The minimum Gasteiger partial charge on any atom is -0.461 e. The second-order valence-electron chi connectivity index (χ2n) is 4.15. The van der Waals surface area contributed by atoms with Gasteiger partial charge in [0.2, 0.25) is 11.7 Å². The highest BCUT2D eigenvalue weighted by Gasteiger charge is 2.17. The highest BCUT2D eigenvalue weighted by atomic mass is 79.9. The molecule has 0 fully saturated rings. The molecule has 0 aliphatic heterocycles. The van der Waals surface area contributed by atoms with Crippen LogP contribution in [0.1, 0.15) is 18.1 Å². The minimum atomic E-state index is 0.0763. The van der Waals surface area contributed by atoms with E-state index in [1.807, 2.05) is 19.1 Å². The first-order valence-electron chi connectivity index (χ1n) is 6.02. The van der Waals surface area contributed by atoms with Gasteiger partial charge in [0.05, 0.1) is 11.5 Å². The van der Waals surface area contributed by atoms with Crippen LogP contribution in [0.2, 0.25) is 0 Å². The number of hydrogen-bond acceptors (Lipinski definition) is 5. The van der Waals surface area contributed by atoms with Crippen LogP contribution >= 0.6 is 27.7 Å². The summed E-state index contributed by atoms with van der Waals surface area (Å²) in [6, 6.07) is 11.7. The van der Waals surface area contributed by atoms with E-state index in [0.29, 0.717) is 17.5 Å². The van der Waals surface area contributed by atoms with E-state index in [-0.39, 0.29) is 5.25 Å². The van der Waals surface area contributed by atoms with Gasteiger partial charge in [-0.3, -0.25) is 0 Å². The Morgan fingerprint density at radius 2 is 2.00 bits per heavy atom. The number of rotatable bonds is 4. The summed E-state index contributed by atoms with van der Waals surface area (Å²) >= 11 is 5.09. The van der Waals surface area contributed by atoms with Gasteiger partial charge >= 0.3 is 0 Å². The van der Waals surface area contributed by atoms with Gasteiger partial charge in [0.25, 0.3) is 0 Å². The van der Waals surface area contributed by atoms with Gasteiger partial charge in [-0.05, 0) is 43.3 Å². The first-order chi connectivity index (χ1) is 9.72. The number of furan rings is 1. The lowest BCUT2D eigenvalue weighted by molar-refractivity contribution is 0.379. The number of benzene rings is 1. The van der Waals surface area contributed by atoms with Crippen LogP contribution < -0.4 is 0 Å². The molecule has 4 nitrogen and oxygen atoms in total. The molecule has 0 saturated heterocycles. The molecule has 1 atom stereocenters. The van der Waals surface area contributed by atoms with E-state index in [1.165, 1.54) is 0 Å². The van der Waals surface area contributed by atoms with Gasteiger partial charge in [-0.25, -0.2) is 0 Å². The van der Waals surface area contributed by atoms with E-state index in [0.717, 1.165) is 9.37 Å². The van der Waals surface area contributed by atoms with Crippen LogP contribution in [-0.2, 0) is 0 Å². The summed E-state index contributed by atoms with van der Waals surface area (Å²) in [6.45, 7) is 2.03. The van der Waals surface area contributed by atoms with E-state index >= 15 is 0 Å². The lowest BCUT2D eigenvalue weighted by Gasteiger charge is -2.05. The molecule has 0 spiro atoms. The van der Waals surface area contributed by atoms with Gasteiger partial charge < -0.3 is 8.94 Å². The third kappa shape index (κ3) is 2.96. The zero-order chi connectivity index (χ0) is 13.9. The third-order valence-electron chi connectivity index (χ3n) is 2.66. The average Bonchev–Trinajstić information content (AvgIpc) is 3.11. The number of thioether (sulfide) groups is 1. The van der Waals surface area contributed by atoms with Crippen molar-refractivity contribution in [3.05, 3.63) is 53.0 Å². The van der Waals surface area contributed by atoms with Crippen molar-refractivity contribution in [2.45, 2.75) is 17.1 Å². The molecule has 0 bridgehead atoms. The second kappa shape index (κ2) is 5.85. The topological polar surface area (TPSA) is 52.1 Å². The van der Waals surface area contributed by atoms with E-state index in [1.54, 1.807) is 30.2 Å². The summed E-state index contributed by atoms with van der Waals surface area (Å²) in [5.74, 6) is 1.68. The highest BCUT2D eigenvalue weighted by molar-refractivity contribution is 9.10. The molecular formula is C14H11BrN2O2S. The van der Waals surface area contributed by atoms with Crippen molar-refractivity contribution >= 4 is 27.7 Å². The predicted octanol–water partition coefficient (Wildman–Crippen LogP) is 4.95. The van der Waals surface area contributed by atoms with E-state index in [2.05, 4.69) is 38.2 Å². The molecule has 0 saturated carbocycles. The molecule has 0 N–H and O–H groups in total. The van der Waals surface area contributed by atoms with Gasteiger partial charge in [-0.1, -0.05) is 21.1 Å². The van der Waals surface area contributed by atoms with Crippen molar-refractivity contribution in [1.29, 1.82) is 0 Å². The zero-order valence-corrected chi connectivity index (χ0v) is 13.0. The molecule has 20 heavy (non-hydrogen) atoms.